The fourth-order valence-electron chi connectivity index (χ4n) is 3.08. The minimum absolute atomic E-state index is 0.0619. The second-order valence-electron chi connectivity index (χ2n) is 6.97. The Balaban J connectivity index is 1.61. The predicted molar refractivity (Wildman–Crippen MR) is 72.7 cm³/mol. The Hall–Kier alpha value is -0.940. The van der Waals surface area contributed by atoms with Crippen molar-refractivity contribution in [2.75, 3.05) is 26.2 Å². The van der Waals surface area contributed by atoms with Gasteiger partial charge in [-0.2, -0.15) is 4.98 Å². The van der Waals surface area contributed by atoms with Crippen LogP contribution in [0.3, 0.4) is 0 Å². The molecule has 0 radical (unpaired) electrons. The highest BCUT2D eigenvalue weighted by molar-refractivity contribution is 4.99. The lowest BCUT2D eigenvalue weighted by Crippen LogP contribution is -2.39. The van der Waals surface area contributed by atoms with Gasteiger partial charge in [0.2, 0.25) is 5.89 Å². The maximum absolute atomic E-state index is 5.36. The minimum atomic E-state index is -0.0619. The van der Waals surface area contributed by atoms with Crippen molar-refractivity contribution in [1.82, 2.24) is 20.4 Å². The van der Waals surface area contributed by atoms with E-state index in [0.717, 1.165) is 43.2 Å². The van der Waals surface area contributed by atoms with Crippen molar-refractivity contribution in [3.05, 3.63) is 11.7 Å². The normalized spacial score (nSPS) is 28.6. The lowest BCUT2D eigenvalue weighted by atomic mass is 9.89. The van der Waals surface area contributed by atoms with E-state index in [0.29, 0.717) is 0 Å². The fourth-order valence-corrected chi connectivity index (χ4v) is 3.08. The van der Waals surface area contributed by atoms with Crippen LogP contribution in [0.15, 0.2) is 4.52 Å². The van der Waals surface area contributed by atoms with Gasteiger partial charge in [0.1, 0.15) is 0 Å². The van der Waals surface area contributed by atoms with E-state index in [9.17, 15) is 0 Å². The Bertz CT molecular complexity index is 437. The number of hydrogen-bond acceptors (Lipinski definition) is 5. The third-order valence-electron chi connectivity index (χ3n) is 4.26. The summed E-state index contributed by atoms with van der Waals surface area (Å²) >= 11 is 0. The standard InChI is InChI=1S/C14H24N4O/c1-14(2,3)13-16-12(17-19-13)9-18-5-4-10-6-15-7-11(10)8-18/h10-11,15H,4-9H2,1-3H3. The quantitative estimate of drug-likeness (QED) is 0.875. The summed E-state index contributed by atoms with van der Waals surface area (Å²) < 4.78 is 5.36. The van der Waals surface area contributed by atoms with Gasteiger partial charge < -0.3 is 9.84 Å². The molecular weight excluding hydrogens is 240 g/mol. The van der Waals surface area contributed by atoms with E-state index >= 15 is 0 Å². The first-order valence-electron chi connectivity index (χ1n) is 7.28. The zero-order valence-electron chi connectivity index (χ0n) is 12.1. The molecule has 2 aliphatic heterocycles. The van der Waals surface area contributed by atoms with E-state index in [-0.39, 0.29) is 5.41 Å². The molecule has 2 atom stereocenters. The zero-order valence-corrected chi connectivity index (χ0v) is 12.1. The molecule has 0 spiro atoms. The summed E-state index contributed by atoms with van der Waals surface area (Å²) in [4.78, 5) is 6.99. The van der Waals surface area contributed by atoms with Crippen LogP contribution in [-0.4, -0.2) is 41.2 Å². The van der Waals surface area contributed by atoms with E-state index in [2.05, 4.69) is 41.1 Å². The van der Waals surface area contributed by atoms with Crippen LogP contribution in [0.25, 0.3) is 0 Å². The van der Waals surface area contributed by atoms with Gasteiger partial charge in [0.15, 0.2) is 5.82 Å². The Labute approximate surface area is 114 Å². The first-order valence-corrected chi connectivity index (χ1v) is 7.28. The molecule has 0 aromatic carbocycles. The highest BCUT2D eigenvalue weighted by atomic mass is 16.5. The monoisotopic (exact) mass is 264 g/mol. The van der Waals surface area contributed by atoms with Gasteiger partial charge in [-0.1, -0.05) is 25.9 Å². The Kier molecular flexibility index (Phi) is 3.35. The summed E-state index contributed by atoms with van der Waals surface area (Å²) in [6.07, 6.45) is 1.29. The number of piperidine rings is 1. The molecule has 1 aromatic heterocycles. The van der Waals surface area contributed by atoms with Crippen molar-refractivity contribution in [1.29, 1.82) is 0 Å². The third kappa shape index (κ3) is 2.82. The molecule has 3 rings (SSSR count). The smallest absolute Gasteiger partial charge is 0.232 e. The molecule has 106 valence electrons. The van der Waals surface area contributed by atoms with Crippen LogP contribution in [0.4, 0.5) is 0 Å². The van der Waals surface area contributed by atoms with Crippen LogP contribution in [0, 0.1) is 11.8 Å². The minimum Gasteiger partial charge on any atom is -0.339 e. The number of likely N-dealkylation sites (tertiary alicyclic amines) is 1. The first kappa shape index (κ1) is 13.1. The maximum Gasteiger partial charge on any atom is 0.232 e. The van der Waals surface area contributed by atoms with Gasteiger partial charge in [0, 0.05) is 12.0 Å². The van der Waals surface area contributed by atoms with Gasteiger partial charge >= 0.3 is 0 Å². The van der Waals surface area contributed by atoms with Gasteiger partial charge in [-0.05, 0) is 37.9 Å². The van der Waals surface area contributed by atoms with Crippen LogP contribution in [-0.2, 0) is 12.0 Å². The fraction of sp³-hybridized carbons (Fsp3) is 0.857. The van der Waals surface area contributed by atoms with E-state index in [1.54, 1.807) is 0 Å². The van der Waals surface area contributed by atoms with Crippen molar-refractivity contribution in [3.8, 4) is 0 Å². The third-order valence-corrected chi connectivity index (χ3v) is 4.26. The van der Waals surface area contributed by atoms with E-state index in [1.165, 1.54) is 19.5 Å². The topological polar surface area (TPSA) is 54.2 Å². The predicted octanol–water partition coefficient (Wildman–Crippen LogP) is 1.41. The van der Waals surface area contributed by atoms with E-state index in [4.69, 9.17) is 4.52 Å². The Morgan fingerprint density at radius 2 is 2.11 bits per heavy atom. The highest BCUT2D eigenvalue weighted by Gasteiger charge is 2.33. The molecule has 2 saturated heterocycles. The molecule has 0 saturated carbocycles. The molecule has 19 heavy (non-hydrogen) atoms. The summed E-state index contributed by atoms with van der Waals surface area (Å²) in [7, 11) is 0. The number of nitrogens with one attached hydrogen (secondary N) is 1. The number of fused-ring (bicyclic) bond motifs is 1. The average molecular weight is 264 g/mol. The summed E-state index contributed by atoms with van der Waals surface area (Å²) in [5, 5.41) is 7.62. The van der Waals surface area contributed by atoms with Crippen LogP contribution < -0.4 is 5.32 Å². The first-order chi connectivity index (χ1) is 9.02. The molecule has 1 N–H and O–H groups in total. The summed E-state index contributed by atoms with van der Waals surface area (Å²) in [5.74, 6) is 3.25. The maximum atomic E-state index is 5.36. The van der Waals surface area contributed by atoms with Crippen LogP contribution in [0.1, 0.15) is 38.9 Å². The second-order valence-corrected chi connectivity index (χ2v) is 6.97. The van der Waals surface area contributed by atoms with Crippen molar-refractivity contribution in [2.24, 2.45) is 11.8 Å². The molecule has 2 fully saturated rings. The molecule has 2 unspecified atom stereocenters. The van der Waals surface area contributed by atoms with Gasteiger partial charge in [0.25, 0.3) is 0 Å². The Morgan fingerprint density at radius 3 is 2.84 bits per heavy atom. The summed E-state index contributed by atoms with van der Waals surface area (Å²) in [6, 6.07) is 0. The molecule has 3 heterocycles. The second kappa shape index (κ2) is 4.87. The van der Waals surface area contributed by atoms with Crippen LogP contribution in [0.2, 0.25) is 0 Å². The van der Waals surface area contributed by atoms with Crippen molar-refractivity contribution in [2.45, 2.75) is 39.2 Å². The molecule has 5 heteroatoms. The highest BCUT2D eigenvalue weighted by Crippen LogP contribution is 2.27. The molecule has 0 aliphatic carbocycles. The largest absolute Gasteiger partial charge is 0.339 e. The van der Waals surface area contributed by atoms with Gasteiger partial charge in [0.05, 0.1) is 6.54 Å². The van der Waals surface area contributed by atoms with E-state index in [1.807, 2.05) is 0 Å². The molecule has 0 bridgehead atoms. The van der Waals surface area contributed by atoms with Crippen molar-refractivity contribution >= 4 is 0 Å². The summed E-state index contributed by atoms with van der Waals surface area (Å²) in [6.45, 7) is 11.8. The number of rotatable bonds is 2. The lowest BCUT2D eigenvalue weighted by Gasteiger charge is -2.33. The van der Waals surface area contributed by atoms with Crippen LogP contribution in [0.5, 0.6) is 0 Å². The molecule has 0 amide bonds. The number of aromatic nitrogens is 2. The number of hydrogen-bond donors (Lipinski definition) is 1. The van der Waals surface area contributed by atoms with Gasteiger partial charge in [-0.25, -0.2) is 0 Å². The average Bonchev–Trinajstić information content (AvgIpc) is 2.95. The van der Waals surface area contributed by atoms with E-state index < -0.39 is 0 Å². The summed E-state index contributed by atoms with van der Waals surface area (Å²) in [5.41, 5.74) is -0.0619. The SMILES string of the molecule is CC(C)(C)c1nc(CN2CCC3CNCC3C2)no1. The number of nitrogens with zero attached hydrogens (tertiary/aromatic N) is 3. The molecule has 1 aromatic rings. The zero-order chi connectivity index (χ0) is 13.5. The Morgan fingerprint density at radius 1 is 1.32 bits per heavy atom. The van der Waals surface area contributed by atoms with Crippen molar-refractivity contribution < 1.29 is 4.52 Å². The van der Waals surface area contributed by atoms with Crippen molar-refractivity contribution in [3.63, 3.8) is 0 Å². The molecule has 5 nitrogen and oxygen atoms in total. The molecule has 2 aliphatic rings. The van der Waals surface area contributed by atoms with Gasteiger partial charge in [-0.15, -0.1) is 0 Å². The van der Waals surface area contributed by atoms with Gasteiger partial charge in [-0.3, -0.25) is 4.90 Å². The molecular formula is C14H24N4O. The van der Waals surface area contributed by atoms with Crippen LogP contribution >= 0.6 is 0 Å². The lowest BCUT2D eigenvalue weighted by molar-refractivity contribution is 0.138.